The Morgan fingerprint density at radius 2 is 1.85 bits per heavy atom. The van der Waals surface area contributed by atoms with E-state index < -0.39 is 92.3 Å². The lowest BCUT2D eigenvalue weighted by molar-refractivity contribution is -0.248. The Kier molecular flexibility index (Phi) is 5.16. The van der Waals surface area contributed by atoms with Crippen LogP contribution in [0.1, 0.15) is 47.0 Å². The molecule has 1 saturated heterocycles. The minimum atomic E-state index is -2.50. The van der Waals surface area contributed by atoms with Crippen molar-refractivity contribution in [3.8, 4) is 0 Å². The molecular weight excluding hydrogens is 496 g/mol. The first kappa shape index (κ1) is 24.8. The Morgan fingerprint density at radius 3 is 2.47 bits per heavy atom. The number of aliphatic hydroxyl groups is 1. The first-order valence-electron chi connectivity index (χ1n) is 11.4. The van der Waals surface area contributed by atoms with Gasteiger partial charge in [-0.05, 0) is 52.0 Å². The molecule has 4 fully saturated rings. The van der Waals surface area contributed by atoms with E-state index in [0.717, 1.165) is 6.08 Å². The molecular formula is C24H27Cl2F3O5. The van der Waals surface area contributed by atoms with Crippen LogP contribution in [0.4, 0.5) is 13.2 Å². The Hall–Kier alpha value is -0.930. The normalized spacial score (nSPS) is 51.3. The molecule has 34 heavy (non-hydrogen) atoms. The number of carbonyl (C=O) groups is 2. The van der Waals surface area contributed by atoms with Crippen molar-refractivity contribution < 1.29 is 37.3 Å². The summed E-state index contributed by atoms with van der Waals surface area (Å²) in [5.41, 5.74) is -7.83. The van der Waals surface area contributed by atoms with E-state index in [1.807, 2.05) is 0 Å². The maximum atomic E-state index is 17.2. The van der Waals surface area contributed by atoms with Crippen LogP contribution >= 0.6 is 23.2 Å². The zero-order valence-electron chi connectivity index (χ0n) is 19.2. The van der Waals surface area contributed by atoms with E-state index in [-0.39, 0.29) is 12.8 Å². The molecule has 0 aromatic rings. The topological polar surface area (TPSA) is 72.8 Å². The Morgan fingerprint density at radius 1 is 1.21 bits per heavy atom. The van der Waals surface area contributed by atoms with E-state index in [2.05, 4.69) is 0 Å². The van der Waals surface area contributed by atoms with Gasteiger partial charge in [0.25, 0.3) is 0 Å². The van der Waals surface area contributed by atoms with E-state index >= 15 is 8.78 Å². The zero-order chi connectivity index (χ0) is 25.2. The predicted octanol–water partition coefficient (Wildman–Crippen LogP) is 4.48. The summed E-state index contributed by atoms with van der Waals surface area (Å²) in [6, 6.07) is 0. The molecule has 10 heteroatoms. The van der Waals surface area contributed by atoms with Gasteiger partial charge in [-0.3, -0.25) is 9.59 Å². The zero-order valence-corrected chi connectivity index (χ0v) is 20.7. The quantitative estimate of drug-likeness (QED) is 0.541. The highest BCUT2D eigenvalue weighted by molar-refractivity contribution is 6.54. The number of hydrogen-bond acceptors (Lipinski definition) is 5. The minimum Gasteiger partial charge on any atom is -0.390 e. The summed E-state index contributed by atoms with van der Waals surface area (Å²) in [6.45, 7) is 6.28. The molecule has 3 saturated carbocycles. The lowest BCUT2D eigenvalue weighted by Crippen LogP contribution is -2.71. The molecule has 188 valence electrons. The average Bonchev–Trinajstić information content (AvgIpc) is 3.13. The fourth-order valence-corrected chi connectivity index (χ4v) is 8.32. The van der Waals surface area contributed by atoms with Crippen molar-refractivity contribution in [2.24, 2.45) is 22.7 Å². The van der Waals surface area contributed by atoms with Crippen LogP contribution in [0, 0.1) is 22.7 Å². The van der Waals surface area contributed by atoms with Gasteiger partial charge in [0.05, 0.1) is 12.2 Å². The number of Topliss-reactive ketones (excluding diaryl/α,β-unsaturated/α-hetero) is 1. The molecule has 0 radical (unpaired) electrons. The summed E-state index contributed by atoms with van der Waals surface area (Å²) in [4.78, 5) is 23.9. The van der Waals surface area contributed by atoms with Crippen molar-refractivity contribution >= 4 is 34.8 Å². The van der Waals surface area contributed by atoms with E-state index in [0.29, 0.717) is 0 Å². The van der Waals surface area contributed by atoms with Crippen LogP contribution < -0.4 is 0 Å². The predicted molar refractivity (Wildman–Crippen MR) is 117 cm³/mol. The van der Waals surface area contributed by atoms with Gasteiger partial charge in [0, 0.05) is 22.3 Å². The number of aliphatic hydroxyl groups excluding tert-OH is 1. The molecule has 0 amide bonds. The molecule has 0 aromatic carbocycles. The van der Waals surface area contributed by atoms with Crippen LogP contribution in [-0.4, -0.2) is 56.9 Å². The maximum absolute atomic E-state index is 17.2. The number of ether oxygens (including phenoxy) is 2. The average molecular weight is 523 g/mol. The molecule has 0 spiro atoms. The summed E-state index contributed by atoms with van der Waals surface area (Å²) >= 11 is 12.0. The Bertz CT molecular complexity index is 1050. The molecule has 1 aliphatic heterocycles. The summed E-state index contributed by atoms with van der Waals surface area (Å²) in [5, 5.41) is 11.4. The van der Waals surface area contributed by atoms with Gasteiger partial charge >= 0.3 is 0 Å². The largest absolute Gasteiger partial charge is 0.390 e. The molecule has 4 aliphatic carbocycles. The minimum absolute atomic E-state index is 0.141. The smallest absolute Gasteiger partial charge is 0.213 e. The molecule has 9 atom stereocenters. The highest BCUT2D eigenvalue weighted by atomic mass is 35.5. The van der Waals surface area contributed by atoms with Crippen LogP contribution in [0.3, 0.4) is 0 Å². The van der Waals surface area contributed by atoms with Gasteiger partial charge in [-0.15, -0.1) is 0 Å². The summed E-state index contributed by atoms with van der Waals surface area (Å²) in [6.07, 6.45) is -3.03. The second-order valence-electron chi connectivity index (χ2n) is 11.2. The third kappa shape index (κ3) is 2.64. The number of ketones is 2. The van der Waals surface area contributed by atoms with Crippen LogP contribution in [0.25, 0.3) is 0 Å². The van der Waals surface area contributed by atoms with Crippen molar-refractivity contribution in [2.75, 3.05) is 0 Å². The standard InChI is InChI=1S/C24H27Cl2F3O5/c1-20(2)33-15-8-10-11-7-12(27)16-17(28)13(30)5-6-21(16,3)23(11,29)14(31)9-22(10,4)24(15,34-20)18(32)19(25)26/h5-6,10-12,14-15,19,31H,7-9H2,1-4H3/t10-,11-,12-,14-,15+,21-,22-,23-,24-/m0/s1. The number of rotatable bonds is 2. The molecule has 1 N–H and O–H groups in total. The van der Waals surface area contributed by atoms with Gasteiger partial charge in [0.1, 0.15) is 6.17 Å². The van der Waals surface area contributed by atoms with Gasteiger partial charge in [-0.2, -0.15) is 0 Å². The van der Waals surface area contributed by atoms with Crippen molar-refractivity contribution in [1.82, 2.24) is 0 Å². The number of carbonyl (C=O) groups excluding carboxylic acids is 2. The summed E-state index contributed by atoms with van der Waals surface area (Å²) < 4.78 is 59.8. The SMILES string of the molecule is CC1(C)O[C@@H]2C[C@H]3[C@@H]4C[C@H](F)C5=C(F)C(=O)C=C[C@]5(C)[C@@]4(F)[C@@H](O)C[C@]3(C)[C@]2(C(=O)C(Cl)Cl)O1. The van der Waals surface area contributed by atoms with Gasteiger partial charge in [-0.25, -0.2) is 13.2 Å². The number of halogens is 5. The molecule has 0 bridgehead atoms. The number of allylic oxidation sites excluding steroid dienone is 4. The van der Waals surface area contributed by atoms with Gasteiger partial charge in [-0.1, -0.05) is 36.2 Å². The van der Waals surface area contributed by atoms with Crippen LogP contribution in [-0.2, 0) is 19.1 Å². The fraction of sp³-hybridized carbons (Fsp3) is 0.750. The lowest BCUT2D eigenvalue weighted by Gasteiger charge is -2.63. The second kappa shape index (κ2) is 7.09. The van der Waals surface area contributed by atoms with Crippen molar-refractivity contribution in [3.63, 3.8) is 0 Å². The molecule has 1 heterocycles. The van der Waals surface area contributed by atoms with Crippen molar-refractivity contribution in [2.45, 2.75) is 87.2 Å². The Balaban J connectivity index is 1.68. The van der Waals surface area contributed by atoms with E-state index in [9.17, 15) is 19.1 Å². The Labute approximate surface area is 205 Å². The lowest BCUT2D eigenvalue weighted by atomic mass is 9.44. The van der Waals surface area contributed by atoms with Crippen LogP contribution in [0.15, 0.2) is 23.6 Å². The third-order valence-electron chi connectivity index (χ3n) is 9.26. The molecule has 0 aromatic heterocycles. The highest BCUT2D eigenvalue weighted by Crippen LogP contribution is 2.73. The molecule has 5 aliphatic rings. The molecule has 0 unspecified atom stereocenters. The van der Waals surface area contributed by atoms with Crippen molar-refractivity contribution in [3.05, 3.63) is 23.6 Å². The van der Waals surface area contributed by atoms with Gasteiger partial charge in [0.2, 0.25) is 11.6 Å². The van der Waals surface area contributed by atoms with Crippen LogP contribution in [0.2, 0.25) is 0 Å². The summed E-state index contributed by atoms with van der Waals surface area (Å²) in [5.74, 6) is -5.95. The third-order valence-corrected chi connectivity index (χ3v) is 9.66. The fourth-order valence-electron chi connectivity index (χ4n) is 7.99. The first-order chi connectivity index (χ1) is 15.6. The maximum Gasteiger partial charge on any atom is 0.213 e. The van der Waals surface area contributed by atoms with Crippen molar-refractivity contribution in [1.29, 1.82) is 0 Å². The van der Waals surface area contributed by atoms with Crippen LogP contribution in [0.5, 0.6) is 0 Å². The van der Waals surface area contributed by atoms with E-state index in [1.54, 1.807) is 20.8 Å². The highest BCUT2D eigenvalue weighted by Gasteiger charge is 2.81. The monoisotopic (exact) mass is 522 g/mol. The van der Waals surface area contributed by atoms with E-state index in [1.165, 1.54) is 13.0 Å². The first-order valence-corrected chi connectivity index (χ1v) is 12.3. The van der Waals surface area contributed by atoms with Gasteiger partial charge in [0.15, 0.2) is 27.7 Å². The van der Waals surface area contributed by atoms with E-state index in [4.69, 9.17) is 32.7 Å². The number of alkyl halides is 4. The number of fused-ring (bicyclic) bond motifs is 7. The van der Waals surface area contributed by atoms with Gasteiger partial charge < -0.3 is 14.6 Å². The summed E-state index contributed by atoms with van der Waals surface area (Å²) in [7, 11) is 0. The molecule has 5 nitrogen and oxygen atoms in total. The molecule has 5 rings (SSSR count). The second-order valence-corrected chi connectivity index (χ2v) is 12.3. The number of hydrogen-bond donors (Lipinski definition) is 1.